The second-order valence-electron chi connectivity index (χ2n) is 6.15. The molecule has 126 valence electrons. The zero-order chi connectivity index (χ0) is 16.9. The minimum Gasteiger partial charge on any atom is -0.480 e. The molecule has 2 N–H and O–H groups in total. The third kappa shape index (κ3) is 3.64. The zero-order valence-electron chi connectivity index (χ0n) is 13.4. The molecule has 0 aliphatic heterocycles. The SMILES string of the molecule is O=C(N[C@H](Cc1ccccc1)C(=O)O)c1ccnn1C1CCCC1. The van der Waals surface area contributed by atoms with E-state index < -0.39 is 12.0 Å². The molecule has 0 bridgehead atoms. The van der Waals surface area contributed by atoms with E-state index in [1.807, 2.05) is 30.3 Å². The van der Waals surface area contributed by atoms with Crippen LogP contribution < -0.4 is 5.32 Å². The van der Waals surface area contributed by atoms with E-state index in [1.54, 1.807) is 16.9 Å². The Bertz CT molecular complexity index is 705. The number of rotatable bonds is 6. The maximum absolute atomic E-state index is 12.6. The van der Waals surface area contributed by atoms with Gasteiger partial charge in [0.2, 0.25) is 0 Å². The minimum absolute atomic E-state index is 0.234. The van der Waals surface area contributed by atoms with Gasteiger partial charge in [-0.1, -0.05) is 43.2 Å². The summed E-state index contributed by atoms with van der Waals surface area (Å²) < 4.78 is 1.74. The molecule has 1 saturated carbocycles. The number of carboxylic acid groups (broad SMARTS) is 1. The van der Waals surface area contributed by atoms with Gasteiger partial charge in [0, 0.05) is 12.6 Å². The van der Waals surface area contributed by atoms with Crippen molar-refractivity contribution in [3.8, 4) is 0 Å². The van der Waals surface area contributed by atoms with Gasteiger partial charge in [-0.05, 0) is 24.5 Å². The van der Waals surface area contributed by atoms with Crippen LogP contribution in [0.3, 0.4) is 0 Å². The Morgan fingerprint density at radius 1 is 1.21 bits per heavy atom. The van der Waals surface area contributed by atoms with Crippen molar-refractivity contribution in [1.29, 1.82) is 0 Å². The summed E-state index contributed by atoms with van der Waals surface area (Å²) >= 11 is 0. The minimum atomic E-state index is -1.04. The average molecular weight is 327 g/mol. The maximum atomic E-state index is 12.6. The molecule has 24 heavy (non-hydrogen) atoms. The number of aliphatic carboxylic acids is 1. The molecule has 1 aliphatic rings. The number of benzene rings is 1. The molecule has 1 amide bonds. The van der Waals surface area contributed by atoms with Crippen LogP contribution in [0.2, 0.25) is 0 Å². The van der Waals surface area contributed by atoms with Crippen molar-refractivity contribution in [2.75, 3.05) is 0 Å². The molecule has 3 rings (SSSR count). The Morgan fingerprint density at radius 3 is 2.58 bits per heavy atom. The van der Waals surface area contributed by atoms with Crippen LogP contribution in [0.4, 0.5) is 0 Å². The Balaban J connectivity index is 1.72. The van der Waals surface area contributed by atoms with Crippen molar-refractivity contribution in [2.24, 2.45) is 0 Å². The van der Waals surface area contributed by atoms with E-state index in [0.29, 0.717) is 5.69 Å². The lowest BCUT2D eigenvalue weighted by molar-refractivity contribution is -0.139. The Hall–Kier alpha value is -2.63. The quantitative estimate of drug-likeness (QED) is 0.853. The van der Waals surface area contributed by atoms with Gasteiger partial charge in [0.25, 0.3) is 5.91 Å². The van der Waals surface area contributed by atoms with Crippen LogP contribution in [-0.4, -0.2) is 32.8 Å². The molecule has 1 aliphatic carbocycles. The largest absolute Gasteiger partial charge is 0.480 e. The van der Waals surface area contributed by atoms with Crippen LogP contribution in [0.15, 0.2) is 42.6 Å². The second-order valence-corrected chi connectivity index (χ2v) is 6.15. The van der Waals surface area contributed by atoms with E-state index in [0.717, 1.165) is 31.2 Å². The van der Waals surface area contributed by atoms with Crippen LogP contribution in [0.25, 0.3) is 0 Å². The summed E-state index contributed by atoms with van der Waals surface area (Å²) in [5.41, 5.74) is 1.30. The predicted molar refractivity (Wildman–Crippen MR) is 88.8 cm³/mol. The number of nitrogens with zero attached hydrogens (tertiary/aromatic N) is 2. The fourth-order valence-corrected chi connectivity index (χ4v) is 3.22. The highest BCUT2D eigenvalue weighted by Crippen LogP contribution is 2.29. The molecule has 6 nitrogen and oxygen atoms in total. The molecule has 0 saturated heterocycles. The number of carbonyl (C=O) groups excluding carboxylic acids is 1. The topological polar surface area (TPSA) is 84.2 Å². The van der Waals surface area contributed by atoms with Crippen molar-refractivity contribution in [3.05, 3.63) is 53.9 Å². The standard InChI is InChI=1S/C18H21N3O3/c22-17(16-10-11-19-21(16)14-8-4-5-9-14)20-15(18(23)24)12-13-6-2-1-3-7-13/h1-3,6-7,10-11,14-15H,4-5,8-9,12H2,(H,20,22)(H,23,24)/t15-/m1/s1. The van der Waals surface area contributed by atoms with Gasteiger partial charge >= 0.3 is 5.97 Å². The number of amides is 1. The fourth-order valence-electron chi connectivity index (χ4n) is 3.22. The van der Waals surface area contributed by atoms with Crippen molar-refractivity contribution in [2.45, 2.75) is 44.2 Å². The molecular weight excluding hydrogens is 306 g/mol. The summed E-state index contributed by atoms with van der Waals surface area (Å²) in [7, 11) is 0. The molecule has 0 unspecified atom stereocenters. The van der Waals surface area contributed by atoms with Gasteiger partial charge in [0.15, 0.2) is 0 Å². The average Bonchev–Trinajstić information content (AvgIpc) is 3.26. The number of nitrogens with one attached hydrogen (secondary N) is 1. The van der Waals surface area contributed by atoms with E-state index in [-0.39, 0.29) is 18.4 Å². The zero-order valence-corrected chi connectivity index (χ0v) is 13.4. The van der Waals surface area contributed by atoms with E-state index in [4.69, 9.17) is 0 Å². The lowest BCUT2D eigenvalue weighted by Crippen LogP contribution is -2.43. The summed E-state index contributed by atoms with van der Waals surface area (Å²) in [6.07, 6.45) is 6.14. The van der Waals surface area contributed by atoms with Gasteiger partial charge < -0.3 is 10.4 Å². The van der Waals surface area contributed by atoms with E-state index in [9.17, 15) is 14.7 Å². The summed E-state index contributed by atoms with van der Waals surface area (Å²) in [6, 6.07) is 10.2. The van der Waals surface area contributed by atoms with Gasteiger partial charge in [-0.15, -0.1) is 0 Å². The smallest absolute Gasteiger partial charge is 0.326 e. The number of hydrogen-bond donors (Lipinski definition) is 2. The molecule has 1 aromatic carbocycles. The molecule has 1 heterocycles. The maximum Gasteiger partial charge on any atom is 0.326 e. The number of carbonyl (C=O) groups is 2. The molecule has 1 aromatic heterocycles. The number of carboxylic acids is 1. The van der Waals surface area contributed by atoms with Gasteiger partial charge in [-0.25, -0.2) is 4.79 Å². The highest BCUT2D eigenvalue weighted by atomic mass is 16.4. The lowest BCUT2D eigenvalue weighted by Gasteiger charge is -2.17. The number of hydrogen-bond acceptors (Lipinski definition) is 3. The lowest BCUT2D eigenvalue weighted by atomic mass is 10.1. The van der Waals surface area contributed by atoms with E-state index in [2.05, 4.69) is 10.4 Å². The van der Waals surface area contributed by atoms with Crippen LogP contribution in [0.5, 0.6) is 0 Å². The molecular formula is C18H21N3O3. The Morgan fingerprint density at radius 2 is 1.92 bits per heavy atom. The molecule has 2 aromatic rings. The number of aromatic nitrogens is 2. The van der Waals surface area contributed by atoms with E-state index in [1.165, 1.54) is 0 Å². The Kier molecular flexibility index (Phi) is 4.93. The first-order valence-corrected chi connectivity index (χ1v) is 8.26. The second kappa shape index (κ2) is 7.29. The van der Waals surface area contributed by atoms with Crippen molar-refractivity contribution in [3.63, 3.8) is 0 Å². The third-order valence-corrected chi connectivity index (χ3v) is 4.46. The summed E-state index contributed by atoms with van der Waals surface area (Å²) in [6.45, 7) is 0. The van der Waals surface area contributed by atoms with Crippen molar-refractivity contribution >= 4 is 11.9 Å². The first kappa shape index (κ1) is 16.2. The van der Waals surface area contributed by atoms with Crippen LogP contribution in [-0.2, 0) is 11.2 Å². The van der Waals surface area contributed by atoms with Gasteiger partial charge in [0.05, 0.1) is 6.04 Å². The van der Waals surface area contributed by atoms with Crippen molar-refractivity contribution in [1.82, 2.24) is 15.1 Å². The van der Waals surface area contributed by atoms with Gasteiger partial charge in [0.1, 0.15) is 11.7 Å². The normalized spacial score (nSPS) is 16.0. The molecule has 0 spiro atoms. The highest BCUT2D eigenvalue weighted by molar-refractivity contribution is 5.95. The predicted octanol–water partition coefficient (Wildman–Crippen LogP) is 2.42. The molecule has 1 atom stereocenters. The highest BCUT2D eigenvalue weighted by Gasteiger charge is 2.26. The monoisotopic (exact) mass is 327 g/mol. The first-order chi connectivity index (χ1) is 11.6. The molecule has 1 fully saturated rings. The molecule has 0 radical (unpaired) electrons. The molecule has 6 heteroatoms. The van der Waals surface area contributed by atoms with Gasteiger partial charge in [-0.3, -0.25) is 9.48 Å². The summed E-state index contributed by atoms with van der Waals surface area (Å²) in [5.74, 6) is -1.43. The van der Waals surface area contributed by atoms with Gasteiger partial charge in [-0.2, -0.15) is 5.10 Å². The van der Waals surface area contributed by atoms with Crippen LogP contribution in [0, 0.1) is 0 Å². The summed E-state index contributed by atoms with van der Waals surface area (Å²) in [5, 5.41) is 16.3. The van der Waals surface area contributed by atoms with Crippen molar-refractivity contribution < 1.29 is 14.7 Å². The first-order valence-electron chi connectivity index (χ1n) is 8.26. The third-order valence-electron chi connectivity index (χ3n) is 4.46. The Labute approximate surface area is 140 Å². The fraction of sp³-hybridized carbons (Fsp3) is 0.389. The van der Waals surface area contributed by atoms with Crippen LogP contribution in [0.1, 0.15) is 47.8 Å². The summed E-state index contributed by atoms with van der Waals surface area (Å²) in [4.78, 5) is 24.1. The van der Waals surface area contributed by atoms with Crippen LogP contribution >= 0.6 is 0 Å². The van der Waals surface area contributed by atoms with E-state index >= 15 is 0 Å².